The first-order chi connectivity index (χ1) is 13.0. The molecule has 3 heterocycles. The third kappa shape index (κ3) is 3.71. The number of anilines is 2. The van der Waals surface area contributed by atoms with Crippen molar-refractivity contribution in [2.45, 2.75) is 19.8 Å². The van der Waals surface area contributed by atoms with Crippen molar-refractivity contribution in [1.82, 2.24) is 14.8 Å². The molecule has 1 aliphatic heterocycles. The van der Waals surface area contributed by atoms with Gasteiger partial charge in [0.25, 0.3) is 5.56 Å². The van der Waals surface area contributed by atoms with E-state index in [0.29, 0.717) is 6.54 Å². The summed E-state index contributed by atoms with van der Waals surface area (Å²) in [4.78, 5) is 30.9. The van der Waals surface area contributed by atoms with Gasteiger partial charge in [0.15, 0.2) is 0 Å². The van der Waals surface area contributed by atoms with Gasteiger partial charge >= 0.3 is 0 Å². The summed E-state index contributed by atoms with van der Waals surface area (Å²) in [7, 11) is 1.64. The first-order valence-corrected chi connectivity index (χ1v) is 9.78. The van der Waals surface area contributed by atoms with E-state index in [1.807, 2.05) is 25.1 Å². The number of carbonyl (C=O) groups excluding carboxylic acids is 1. The Morgan fingerprint density at radius 3 is 2.96 bits per heavy atom. The fourth-order valence-corrected chi connectivity index (χ4v) is 4.23. The summed E-state index contributed by atoms with van der Waals surface area (Å²) in [5, 5.41) is 8.35. The molecule has 8 heteroatoms. The fourth-order valence-electron chi connectivity index (χ4n) is 3.42. The second-order valence-electron chi connectivity index (χ2n) is 6.84. The molecule has 1 atom stereocenters. The lowest BCUT2D eigenvalue weighted by Crippen LogP contribution is -2.41. The number of aryl methyl sites for hydroxylation is 2. The topological polar surface area (TPSA) is 80.1 Å². The highest BCUT2D eigenvalue weighted by Gasteiger charge is 2.27. The maximum atomic E-state index is 12.8. The quantitative estimate of drug-likeness (QED) is 0.752. The van der Waals surface area contributed by atoms with E-state index in [0.717, 1.165) is 46.1 Å². The molecule has 0 saturated carbocycles. The van der Waals surface area contributed by atoms with E-state index in [4.69, 9.17) is 0 Å². The Labute approximate surface area is 160 Å². The highest BCUT2D eigenvalue weighted by atomic mass is 32.1. The van der Waals surface area contributed by atoms with Gasteiger partial charge in [-0.25, -0.2) is 9.67 Å². The van der Waals surface area contributed by atoms with Crippen LogP contribution in [0.15, 0.2) is 35.1 Å². The number of hydrogen-bond acceptors (Lipinski definition) is 6. The molecule has 1 amide bonds. The maximum absolute atomic E-state index is 12.8. The van der Waals surface area contributed by atoms with Crippen molar-refractivity contribution >= 4 is 39.0 Å². The predicted molar refractivity (Wildman–Crippen MR) is 107 cm³/mol. The van der Waals surface area contributed by atoms with Crippen molar-refractivity contribution in [3.8, 4) is 0 Å². The number of hydrogen-bond donors (Lipinski definition) is 1. The van der Waals surface area contributed by atoms with Gasteiger partial charge < -0.3 is 10.2 Å². The van der Waals surface area contributed by atoms with Gasteiger partial charge in [0.05, 0.1) is 21.1 Å². The molecule has 0 radical (unpaired) electrons. The van der Waals surface area contributed by atoms with Gasteiger partial charge in [-0.1, -0.05) is 0 Å². The molecule has 1 aromatic carbocycles. The van der Waals surface area contributed by atoms with Crippen LogP contribution in [-0.4, -0.2) is 33.8 Å². The molecule has 7 nitrogen and oxygen atoms in total. The molecule has 1 aliphatic rings. The van der Waals surface area contributed by atoms with E-state index < -0.39 is 0 Å². The molecular formula is C19H21N5O2S. The molecule has 1 saturated heterocycles. The summed E-state index contributed by atoms with van der Waals surface area (Å²) < 4.78 is 2.44. The largest absolute Gasteiger partial charge is 0.354 e. The Kier molecular flexibility index (Phi) is 4.65. The number of carbonyl (C=O) groups is 1. The molecule has 0 bridgehead atoms. The standard InChI is InChI=1S/C19H21N5O2S/c1-12-20-15-10-14(5-6-16(15)27-12)21-19(26)13-4-3-9-24(11-13)17-7-8-18(25)23(2)22-17/h5-8,10,13H,3-4,9,11H2,1-2H3,(H,21,26). The van der Waals surface area contributed by atoms with Crippen LogP contribution in [0, 0.1) is 12.8 Å². The molecule has 1 N–H and O–H groups in total. The minimum Gasteiger partial charge on any atom is -0.354 e. The second kappa shape index (κ2) is 7.11. The van der Waals surface area contributed by atoms with E-state index in [2.05, 4.69) is 20.3 Å². The van der Waals surface area contributed by atoms with Crippen LogP contribution in [0.5, 0.6) is 0 Å². The molecule has 1 unspecified atom stereocenters. The van der Waals surface area contributed by atoms with E-state index in [1.165, 1.54) is 10.7 Å². The molecule has 4 rings (SSSR count). The van der Waals surface area contributed by atoms with Crippen LogP contribution in [-0.2, 0) is 11.8 Å². The summed E-state index contributed by atoms with van der Waals surface area (Å²) in [6.07, 6.45) is 1.75. The number of nitrogens with zero attached hydrogens (tertiary/aromatic N) is 4. The number of nitrogens with one attached hydrogen (secondary N) is 1. The van der Waals surface area contributed by atoms with Crippen molar-refractivity contribution in [3.63, 3.8) is 0 Å². The van der Waals surface area contributed by atoms with Gasteiger partial charge in [0.1, 0.15) is 5.82 Å². The average molecular weight is 383 g/mol. The lowest BCUT2D eigenvalue weighted by Gasteiger charge is -2.32. The van der Waals surface area contributed by atoms with Crippen LogP contribution >= 0.6 is 11.3 Å². The zero-order valence-corrected chi connectivity index (χ0v) is 16.1. The normalized spacial score (nSPS) is 17.3. The number of aromatic nitrogens is 3. The second-order valence-corrected chi connectivity index (χ2v) is 8.08. The first kappa shape index (κ1) is 17.7. The SMILES string of the molecule is Cc1nc2cc(NC(=O)C3CCCN(c4ccc(=O)n(C)n4)C3)ccc2s1. The number of piperidine rings is 1. The van der Waals surface area contributed by atoms with Crippen molar-refractivity contribution < 1.29 is 4.79 Å². The predicted octanol–water partition coefficient (Wildman–Crippen LogP) is 2.55. The highest BCUT2D eigenvalue weighted by Crippen LogP contribution is 2.26. The van der Waals surface area contributed by atoms with Gasteiger partial charge in [0.2, 0.25) is 5.91 Å². The Morgan fingerprint density at radius 2 is 2.15 bits per heavy atom. The van der Waals surface area contributed by atoms with Crippen LogP contribution in [0.4, 0.5) is 11.5 Å². The van der Waals surface area contributed by atoms with Crippen LogP contribution in [0.3, 0.4) is 0 Å². The summed E-state index contributed by atoms with van der Waals surface area (Å²) in [5.41, 5.74) is 1.54. The average Bonchev–Trinajstić information content (AvgIpc) is 3.03. The third-order valence-corrected chi connectivity index (χ3v) is 5.78. The van der Waals surface area contributed by atoms with Gasteiger partial charge in [0, 0.05) is 31.9 Å². The third-order valence-electron chi connectivity index (χ3n) is 4.82. The Morgan fingerprint density at radius 1 is 1.30 bits per heavy atom. The van der Waals surface area contributed by atoms with E-state index in [1.54, 1.807) is 24.5 Å². The van der Waals surface area contributed by atoms with Crippen LogP contribution in [0.1, 0.15) is 17.8 Å². The van der Waals surface area contributed by atoms with Crippen molar-refractivity contribution in [1.29, 1.82) is 0 Å². The zero-order valence-electron chi connectivity index (χ0n) is 15.3. The number of benzene rings is 1. The van der Waals surface area contributed by atoms with Crippen LogP contribution in [0.25, 0.3) is 10.2 Å². The summed E-state index contributed by atoms with van der Waals surface area (Å²) in [6, 6.07) is 9.08. The molecular weight excluding hydrogens is 362 g/mol. The lowest BCUT2D eigenvalue weighted by molar-refractivity contribution is -0.120. The van der Waals surface area contributed by atoms with Gasteiger partial charge in [-0.15, -0.1) is 11.3 Å². The molecule has 3 aromatic rings. The van der Waals surface area contributed by atoms with E-state index >= 15 is 0 Å². The first-order valence-electron chi connectivity index (χ1n) is 8.97. The van der Waals surface area contributed by atoms with Crippen LogP contribution in [0.2, 0.25) is 0 Å². The molecule has 140 valence electrons. The van der Waals surface area contributed by atoms with Crippen molar-refractivity contribution in [3.05, 3.63) is 45.7 Å². The minimum absolute atomic E-state index is 0.0100. The molecule has 2 aromatic heterocycles. The lowest BCUT2D eigenvalue weighted by atomic mass is 9.97. The molecule has 0 spiro atoms. The monoisotopic (exact) mass is 383 g/mol. The van der Waals surface area contributed by atoms with Gasteiger partial charge in [-0.05, 0) is 44.0 Å². The molecule has 27 heavy (non-hydrogen) atoms. The number of amides is 1. The summed E-state index contributed by atoms with van der Waals surface area (Å²) >= 11 is 1.65. The zero-order chi connectivity index (χ0) is 19.0. The van der Waals surface area contributed by atoms with Crippen molar-refractivity contribution in [2.75, 3.05) is 23.3 Å². The number of rotatable bonds is 3. The molecule has 0 aliphatic carbocycles. The minimum atomic E-state index is -0.141. The summed E-state index contributed by atoms with van der Waals surface area (Å²) in [5.74, 6) is 0.621. The Balaban J connectivity index is 1.47. The smallest absolute Gasteiger partial charge is 0.266 e. The van der Waals surface area contributed by atoms with E-state index in [-0.39, 0.29) is 17.4 Å². The van der Waals surface area contributed by atoms with E-state index in [9.17, 15) is 9.59 Å². The fraction of sp³-hybridized carbons (Fsp3) is 0.368. The van der Waals surface area contributed by atoms with Crippen LogP contribution < -0.4 is 15.8 Å². The number of fused-ring (bicyclic) bond motifs is 1. The van der Waals surface area contributed by atoms with Crippen molar-refractivity contribution in [2.24, 2.45) is 13.0 Å². The maximum Gasteiger partial charge on any atom is 0.266 e. The number of thiazole rings is 1. The Hall–Kier alpha value is -2.74. The summed E-state index contributed by atoms with van der Waals surface area (Å²) in [6.45, 7) is 3.40. The highest BCUT2D eigenvalue weighted by molar-refractivity contribution is 7.18. The Bertz CT molecular complexity index is 1060. The van der Waals surface area contributed by atoms with Gasteiger partial charge in [-0.3, -0.25) is 9.59 Å². The van der Waals surface area contributed by atoms with Gasteiger partial charge in [-0.2, -0.15) is 5.10 Å². The molecule has 1 fully saturated rings.